The summed E-state index contributed by atoms with van der Waals surface area (Å²) in [6.07, 6.45) is 13.1. The molecular weight excluding hydrogens is 224 g/mol. The highest BCUT2D eigenvalue weighted by Gasteiger charge is 2.04. The van der Waals surface area contributed by atoms with E-state index < -0.39 is 0 Å². The van der Waals surface area contributed by atoms with Gasteiger partial charge in [0.1, 0.15) is 6.54 Å². The molecule has 0 radical (unpaired) electrons. The van der Waals surface area contributed by atoms with Crippen LogP contribution in [0.1, 0.15) is 62.2 Å². The molecule has 100 valence electrons. The first-order chi connectivity index (χ1) is 8.74. The summed E-state index contributed by atoms with van der Waals surface area (Å²) in [5.41, 5.74) is 5.77. The van der Waals surface area contributed by atoms with E-state index in [1.165, 1.54) is 44.9 Å². The lowest BCUT2D eigenvalue weighted by atomic mass is 10.1. The van der Waals surface area contributed by atoms with Gasteiger partial charge in [0, 0.05) is 18.6 Å². The second-order valence-corrected chi connectivity index (χ2v) is 4.81. The van der Waals surface area contributed by atoms with Gasteiger partial charge in [-0.25, -0.2) is 4.57 Å². The van der Waals surface area contributed by atoms with E-state index in [1.54, 1.807) is 12.1 Å². The molecule has 3 nitrogen and oxygen atoms in total. The summed E-state index contributed by atoms with van der Waals surface area (Å²) in [4.78, 5) is 10.9. The highest BCUT2D eigenvalue weighted by Crippen LogP contribution is 2.06. The van der Waals surface area contributed by atoms with Crippen LogP contribution < -0.4 is 10.3 Å². The maximum absolute atomic E-state index is 10.9. The van der Waals surface area contributed by atoms with Crippen LogP contribution in [0.4, 0.5) is 0 Å². The van der Waals surface area contributed by atoms with Crippen LogP contribution >= 0.6 is 0 Å². The van der Waals surface area contributed by atoms with Crippen LogP contribution in [-0.4, -0.2) is 5.91 Å². The lowest BCUT2D eigenvalue weighted by Crippen LogP contribution is -2.33. The average molecular weight is 249 g/mol. The Bertz CT molecular complexity index is 346. The number of carbonyl (C=O) groups excluding carboxylic acids is 1. The van der Waals surface area contributed by atoms with Gasteiger partial charge in [-0.15, -0.1) is 0 Å². The molecule has 0 atom stereocenters. The summed E-state index contributed by atoms with van der Waals surface area (Å²) in [5, 5.41) is 0. The Labute approximate surface area is 110 Å². The molecule has 0 aliphatic carbocycles. The number of rotatable bonds is 9. The van der Waals surface area contributed by atoms with Crippen LogP contribution in [0.5, 0.6) is 0 Å². The van der Waals surface area contributed by atoms with Crippen molar-refractivity contribution in [3.63, 3.8) is 0 Å². The third kappa shape index (κ3) is 5.80. The van der Waals surface area contributed by atoms with Gasteiger partial charge >= 0.3 is 0 Å². The summed E-state index contributed by atoms with van der Waals surface area (Å²) in [6, 6.07) is 3.56. The molecule has 1 heterocycles. The van der Waals surface area contributed by atoms with Gasteiger partial charge in [0.2, 0.25) is 5.91 Å². The maximum atomic E-state index is 10.9. The van der Waals surface area contributed by atoms with Crippen molar-refractivity contribution in [2.75, 3.05) is 0 Å². The number of carbonyl (C=O) groups is 1. The Balaban J connectivity index is 2.14. The van der Waals surface area contributed by atoms with E-state index in [2.05, 4.69) is 11.5 Å². The van der Waals surface area contributed by atoms with Crippen molar-refractivity contribution in [3.05, 3.63) is 30.1 Å². The molecule has 2 N–H and O–H groups in total. The zero-order valence-corrected chi connectivity index (χ0v) is 11.4. The number of primary amides is 1. The van der Waals surface area contributed by atoms with Crippen molar-refractivity contribution in [3.8, 4) is 0 Å². The van der Waals surface area contributed by atoms with Crippen molar-refractivity contribution in [2.24, 2.45) is 5.73 Å². The normalized spacial score (nSPS) is 10.5. The van der Waals surface area contributed by atoms with E-state index in [4.69, 9.17) is 5.73 Å². The molecule has 1 rings (SSSR count). The second kappa shape index (κ2) is 8.67. The summed E-state index contributed by atoms with van der Waals surface area (Å²) in [7, 11) is 0. The lowest BCUT2D eigenvalue weighted by Gasteiger charge is -2.00. The molecule has 1 aromatic rings. The molecule has 1 aromatic heterocycles. The first kappa shape index (κ1) is 14.7. The first-order valence-electron chi connectivity index (χ1n) is 7.03. The second-order valence-electron chi connectivity index (χ2n) is 4.81. The number of nitrogens with zero attached hydrogens (tertiary/aromatic N) is 1. The largest absolute Gasteiger partial charge is 0.366 e. The average Bonchev–Trinajstić information content (AvgIpc) is 2.38. The summed E-state index contributed by atoms with van der Waals surface area (Å²) >= 11 is 0. The number of hydrogen-bond acceptors (Lipinski definition) is 1. The van der Waals surface area contributed by atoms with Gasteiger partial charge in [0.15, 0.2) is 12.4 Å². The molecule has 3 heteroatoms. The van der Waals surface area contributed by atoms with Crippen molar-refractivity contribution in [1.29, 1.82) is 0 Å². The van der Waals surface area contributed by atoms with Gasteiger partial charge < -0.3 is 5.73 Å². The molecule has 0 aliphatic heterocycles. The fourth-order valence-corrected chi connectivity index (χ4v) is 2.02. The van der Waals surface area contributed by atoms with E-state index in [-0.39, 0.29) is 5.91 Å². The fourth-order valence-electron chi connectivity index (χ4n) is 2.02. The van der Waals surface area contributed by atoms with Gasteiger partial charge in [0.25, 0.3) is 0 Å². The number of aryl methyl sites for hydroxylation is 1. The van der Waals surface area contributed by atoms with Gasteiger partial charge in [-0.1, -0.05) is 39.0 Å². The highest BCUT2D eigenvalue weighted by atomic mass is 16.1. The highest BCUT2D eigenvalue weighted by molar-refractivity contribution is 5.92. The third-order valence-corrected chi connectivity index (χ3v) is 3.20. The number of amides is 1. The van der Waals surface area contributed by atoms with Crippen molar-refractivity contribution < 1.29 is 9.36 Å². The Morgan fingerprint density at radius 3 is 2.17 bits per heavy atom. The summed E-state index contributed by atoms with van der Waals surface area (Å²) < 4.78 is 2.11. The fraction of sp³-hybridized carbons (Fsp3) is 0.600. The van der Waals surface area contributed by atoms with E-state index in [0.717, 1.165) is 6.54 Å². The van der Waals surface area contributed by atoms with Crippen LogP contribution in [0.3, 0.4) is 0 Å². The van der Waals surface area contributed by atoms with Gasteiger partial charge in [0.05, 0.1) is 5.56 Å². The predicted octanol–water partition coefficient (Wildman–Crippen LogP) is 2.82. The van der Waals surface area contributed by atoms with E-state index in [0.29, 0.717) is 5.56 Å². The predicted molar refractivity (Wildman–Crippen MR) is 73.1 cm³/mol. The standard InChI is InChI=1S/C15H24N2O/c1-2-3-4-5-6-7-8-11-17-12-9-14(10-13-17)15(16)18/h9-10,12-13H,2-8,11H2,1H3,(H-,16,18)/p+1. The van der Waals surface area contributed by atoms with E-state index >= 15 is 0 Å². The van der Waals surface area contributed by atoms with Crippen LogP contribution in [-0.2, 0) is 6.54 Å². The van der Waals surface area contributed by atoms with Crippen LogP contribution in [0.2, 0.25) is 0 Å². The molecule has 0 bridgehead atoms. The molecule has 0 spiro atoms. The monoisotopic (exact) mass is 249 g/mol. The minimum atomic E-state index is -0.363. The lowest BCUT2D eigenvalue weighted by molar-refractivity contribution is -0.697. The molecule has 0 saturated heterocycles. The smallest absolute Gasteiger partial charge is 0.249 e. The molecule has 0 saturated carbocycles. The number of aromatic nitrogens is 1. The Kier molecular flexibility index (Phi) is 7.07. The van der Waals surface area contributed by atoms with Crippen LogP contribution in [0, 0.1) is 0 Å². The van der Waals surface area contributed by atoms with E-state index in [9.17, 15) is 4.79 Å². The van der Waals surface area contributed by atoms with Crippen LogP contribution in [0.15, 0.2) is 24.5 Å². The Morgan fingerprint density at radius 2 is 1.61 bits per heavy atom. The number of unbranched alkanes of at least 4 members (excludes halogenated alkanes) is 6. The maximum Gasteiger partial charge on any atom is 0.249 e. The molecule has 0 aromatic carbocycles. The van der Waals surface area contributed by atoms with Crippen molar-refractivity contribution >= 4 is 5.91 Å². The minimum absolute atomic E-state index is 0.363. The topological polar surface area (TPSA) is 47.0 Å². The summed E-state index contributed by atoms with van der Waals surface area (Å²) in [5.74, 6) is -0.363. The summed E-state index contributed by atoms with van der Waals surface area (Å²) in [6.45, 7) is 3.26. The Hall–Kier alpha value is -1.38. The molecule has 18 heavy (non-hydrogen) atoms. The van der Waals surface area contributed by atoms with Gasteiger partial charge in [-0.3, -0.25) is 4.79 Å². The molecule has 1 amide bonds. The van der Waals surface area contributed by atoms with Crippen LogP contribution in [0.25, 0.3) is 0 Å². The molecular formula is C15H25N2O+. The Morgan fingerprint density at radius 1 is 1.06 bits per heavy atom. The van der Waals surface area contributed by atoms with E-state index in [1.807, 2.05) is 12.4 Å². The number of nitrogens with two attached hydrogens (primary N) is 1. The number of pyridine rings is 1. The molecule has 0 fully saturated rings. The first-order valence-corrected chi connectivity index (χ1v) is 7.03. The van der Waals surface area contributed by atoms with Crippen molar-refractivity contribution in [2.45, 2.75) is 58.4 Å². The van der Waals surface area contributed by atoms with Gasteiger partial charge in [-0.05, 0) is 6.42 Å². The number of hydrogen-bond donors (Lipinski definition) is 1. The van der Waals surface area contributed by atoms with Crippen molar-refractivity contribution in [1.82, 2.24) is 0 Å². The third-order valence-electron chi connectivity index (χ3n) is 3.20. The minimum Gasteiger partial charge on any atom is -0.366 e. The zero-order valence-electron chi connectivity index (χ0n) is 11.4. The quantitative estimate of drug-likeness (QED) is 0.531. The van der Waals surface area contributed by atoms with Gasteiger partial charge in [-0.2, -0.15) is 0 Å². The SMILES string of the molecule is CCCCCCCCC[n+]1ccc(C(N)=O)cc1. The molecule has 0 unspecified atom stereocenters. The molecule has 0 aliphatic rings. The zero-order chi connectivity index (χ0) is 13.2.